The number of carbonyl (C=O) groups excluding carboxylic acids is 5. The zero-order valence-electron chi connectivity index (χ0n) is 32.7. The average molecular weight is 810 g/mol. The number of allylic oxidation sites excluding steroid dienone is 4. The number of carbonyl (C=O) groups is 5. The molecule has 0 spiro atoms. The maximum Gasteiger partial charge on any atom is 0.271 e. The summed E-state index contributed by atoms with van der Waals surface area (Å²) >= 11 is 0.706. The van der Waals surface area contributed by atoms with E-state index in [1.54, 1.807) is 18.2 Å². The zero-order chi connectivity index (χ0) is 41.7. The van der Waals surface area contributed by atoms with Gasteiger partial charge in [0.1, 0.15) is 29.6 Å². The van der Waals surface area contributed by atoms with E-state index in [9.17, 15) is 39.3 Å². The molecule has 0 fully saturated rings. The molecule has 2 aromatic rings. The normalized spacial score (nSPS) is 17.8. The van der Waals surface area contributed by atoms with E-state index in [0.717, 1.165) is 47.4 Å². The van der Waals surface area contributed by atoms with Crippen molar-refractivity contribution in [1.82, 2.24) is 16.0 Å². The number of nitrogens with zero attached hydrogens (tertiary/aromatic N) is 2. The second-order valence-electron chi connectivity index (χ2n) is 14.8. The largest absolute Gasteiger partial charge is 0.456 e. The van der Waals surface area contributed by atoms with Crippen LogP contribution in [0.2, 0.25) is 0 Å². The predicted octanol–water partition coefficient (Wildman–Crippen LogP) is 2.71. The Morgan fingerprint density at radius 3 is 2.28 bits per heavy atom. The van der Waals surface area contributed by atoms with Crippen molar-refractivity contribution in [3.05, 3.63) is 101 Å². The highest BCUT2D eigenvalue weighted by Crippen LogP contribution is 2.50. The Kier molecular flexibility index (Phi) is 13.0. The van der Waals surface area contributed by atoms with Gasteiger partial charge in [0, 0.05) is 42.4 Å². The number of fused-ring (bicyclic) bond motifs is 5. The molecular formula is C43H47N5O9S. The maximum absolute atomic E-state index is 13.2. The topological polar surface area (TPSA) is 211 Å². The number of aliphatic hydroxyl groups is 3. The Balaban J connectivity index is 1.19. The third-order valence-corrected chi connectivity index (χ3v) is 11.3. The number of hydrogen-bond donors (Lipinski definition) is 6. The molecule has 2 heterocycles. The highest BCUT2D eigenvalue weighted by Gasteiger charge is 2.39. The van der Waals surface area contributed by atoms with Crippen LogP contribution >= 0.6 is 11.8 Å². The molecule has 0 bridgehead atoms. The van der Waals surface area contributed by atoms with Crippen molar-refractivity contribution in [2.24, 2.45) is 4.99 Å². The number of aliphatic hydroxyl groups excluding tert-OH is 3. The molecule has 0 aromatic heterocycles. The van der Waals surface area contributed by atoms with E-state index in [1.807, 2.05) is 0 Å². The standard InChI is InChI=1S/C43H47N5O9S/c1-24(52)58-23-37(53)45-31(20-49)41(55)47-33(22-51)42(56)46-32(21-50)40(54)44-29-15-12-27-18-28-10-7-9-26(39(28)57-35(27)19-29)14-17-36-43(2,3)38-30-11-6-5-8-25(30)13-16-34(38)48(36)4/h5-6,8,11-19,31-33,49-51H,7,9-10,20-23H2,1-4H3,(H,45,53)(H,46,56)(H,47,55)/b26-14+,36-17+,44-29?/t31-,32-,33-/m1/s1. The highest BCUT2D eigenvalue weighted by atomic mass is 32.2. The lowest BCUT2D eigenvalue weighted by molar-refractivity contribution is -0.134. The van der Waals surface area contributed by atoms with Gasteiger partial charge in [-0.15, -0.1) is 0 Å². The summed E-state index contributed by atoms with van der Waals surface area (Å²) in [5.41, 5.74) is 6.32. The summed E-state index contributed by atoms with van der Waals surface area (Å²) in [5, 5.41) is 38.5. The fraction of sp³-hybridized carbons (Fsp3) is 0.349. The van der Waals surface area contributed by atoms with Gasteiger partial charge in [0.25, 0.3) is 5.91 Å². The van der Waals surface area contributed by atoms with Crippen molar-refractivity contribution in [3.63, 3.8) is 0 Å². The van der Waals surface area contributed by atoms with E-state index < -0.39 is 61.6 Å². The Morgan fingerprint density at radius 1 is 0.879 bits per heavy atom. The summed E-state index contributed by atoms with van der Waals surface area (Å²) in [4.78, 5) is 68.4. The number of thioether (sulfide) groups is 1. The highest BCUT2D eigenvalue weighted by molar-refractivity contribution is 8.14. The quantitative estimate of drug-likeness (QED) is 0.123. The SMILES string of the molecule is CC(=O)SCC(=O)N[C@H](CO)C(=O)N[C@H](CO)C(=O)N[C@H](CO)C(=O)N=c1ccc2cc3c(oc-2c1)/C(=C/C=C1/N(C)c2ccc4ccccc4c2C1(C)C)CCC3. The van der Waals surface area contributed by atoms with Gasteiger partial charge in [0.15, 0.2) is 5.12 Å². The lowest BCUT2D eigenvalue weighted by Crippen LogP contribution is -2.58. The first-order valence-corrected chi connectivity index (χ1v) is 19.9. The molecule has 4 aliphatic rings. The van der Waals surface area contributed by atoms with Crippen LogP contribution in [-0.2, 0) is 35.8 Å². The molecule has 14 nitrogen and oxygen atoms in total. The summed E-state index contributed by atoms with van der Waals surface area (Å²) in [5.74, 6) is -2.67. The van der Waals surface area contributed by atoms with Gasteiger partial charge in [0.05, 0.1) is 30.9 Å². The van der Waals surface area contributed by atoms with Crippen LogP contribution < -0.4 is 26.2 Å². The van der Waals surface area contributed by atoms with E-state index in [4.69, 9.17) is 4.42 Å². The van der Waals surface area contributed by atoms with Crippen LogP contribution in [0.15, 0.2) is 87.9 Å². The van der Waals surface area contributed by atoms with Crippen molar-refractivity contribution < 1.29 is 43.7 Å². The molecule has 4 amide bonds. The lowest BCUT2D eigenvalue weighted by Gasteiger charge is -2.25. The molecule has 6 N–H and O–H groups in total. The third-order valence-electron chi connectivity index (χ3n) is 10.4. The van der Waals surface area contributed by atoms with E-state index >= 15 is 0 Å². The second kappa shape index (κ2) is 17.9. The molecule has 2 aliphatic heterocycles. The molecule has 6 rings (SSSR count). The van der Waals surface area contributed by atoms with Crippen LogP contribution in [0.1, 0.15) is 50.5 Å². The van der Waals surface area contributed by atoms with Crippen molar-refractivity contribution in [2.45, 2.75) is 63.6 Å². The number of anilines is 1. The Hall–Kier alpha value is -5.61. The summed E-state index contributed by atoms with van der Waals surface area (Å²) in [7, 11) is 2.10. The van der Waals surface area contributed by atoms with Crippen molar-refractivity contribution in [3.8, 4) is 11.3 Å². The van der Waals surface area contributed by atoms with Gasteiger partial charge in [-0.1, -0.05) is 62.0 Å². The number of likely N-dealkylation sites (N-methyl/N-ethyl adjacent to an activating group) is 1. The Morgan fingerprint density at radius 2 is 1.57 bits per heavy atom. The van der Waals surface area contributed by atoms with Crippen LogP contribution in [0, 0.1) is 0 Å². The number of aryl methyl sites for hydroxylation is 1. The van der Waals surface area contributed by atoms with Gasteiger partial charge in [-0.05, 0) is 77.1 Å². The van der Waals surface area contributed by atoms with Crippen LogP contribution in [0.5, 0.6) is 0 Å². The monoisotopic (exact) mass is 809 g/mol. The second-order valence-corrected chi connectivity index (χ2v) is 16.0. The van der Waals surface area contributed by atoms with Crippen LogP contribution in [-0.4, -0.2) is 94.8 Å². The fourth-order valence-corrected chi connectivity index (χ4v) is 7.95. The molecular weight excluding hydrogens is 763 g/mol. The first kappa shape index (κ1) is 42.0. The minimum absolute atomic E-state index is 0.216. The molecule has 15 heteroatoms. The number of nitrogens with one attached hydrogen (secondary N) is 3. The van der Waals surface area contributed by atoms with Gasteiger partial charge in [-0.3, -0.25) is 24.0 Å². The number of hydrogen-bond acceptors (Lipinski definition) is 11. The molecule has 0 unspecified atom stereocenters. The van der Waals surface area contributed by atoms with Gasteiger partial charge >= 0.3 is 0 Å². The Bertz CT molecular complexity index is 2370. The molecule has 0 radical (unpaired) electrons. The number of rotatable bonds is 12. The fourth-order valence-electron chi connectivity index (χ4n) is 7.53. The van der Waals surface area contributed by atoms with Crippen LogP contribution in [0.25, 0.3) is 27.7 Å². The molecule has 58 heavy (non-hydrogen) atoms. The molecule has 304 valence electrons. The molecule has 0 saturated heterocycles. The van der Waals surface area contributed by atoms with Crippen LogP contribution in [0.3, 0.4) is 0 Å². The molecule has 2 aliphatic carbocycles. The zero-order valence-corrected chi connectivity index (χ0v) is 33.5. The first-order chi connectivity index (χ1) is 27.7. The van der Waals surface area contributed by atoms with Crippen molar-refractivity contribution in [1.29, 1.82) is 0 Å². The van der Waals surface area contributed by atoms with Gasteiger partial charge < -0.3 is 40.6 Å². The van der Waals surface area contributed by atoms with Gasteiger partial charge in [-0.25, -0.2) is 4.99 Å². The summed E-state index contributed by atoms with van der Waals surface area (Å²) in [6.07, 6.45) is 6.94. The lowest BCUT2D eigenvalue weighted by atomic mass is 9.81. The third kappa shape index (κ3) is 8.92. The van der Waals surface area contributed by atoms with Crippen LogP contribution in [0.4, 0.5) is 5.69 Å². The van der Waals surface area contributed by atoms with E-state index in [-0.39, 0.29) is 21.6 Å². The number of benzene rings is 3. The minimum Gasteiger partial charge on any atom is -0.456 e. The molecule has 2 aromatic carbocycles. The number of amides is 4. The molecule has 0 saturated carbocycles. The van der Waals surface area contributed by atoms with Gasteiger partial charge in [0.2, 0.25) is 17.7 Å². The average Bonchev–Trinajstić information content (AvgIpc) is 3.41. The first-order valence-electron chi connectivity index (χ1n) is 18.9. The van der Waals surface area contributed by atoms with E-state index in [0.29, 0.717) is 17.5 Å². The summed E-state index contributed by atoms with van der Waals surface area (Å²) in [6.45, 7) is 3.18. The predicted molar refractivity (Wildman–Crippen MR) is 220 cm³/mol. The van der Waals surface area contributed by atoms with Crippen molar-refractivity contribution >= 4 is 62.5 Å². The maximum atomic E-state index is 13.2. The molecule has 3 atom stereocenters. The summed E-state index contributed by atoms with van der Waals surface area (Å²) < 4.78 is 6.51. The van der Waals surface area contributed by atoms with E-state index in [2.05, 4.69) is 101 Å². The van der Waals surface area contributed by atoms with Gasteiger partial charge in [-0.2, -0.15) is 0 Å². The Labute approximate surface area is 339 Å². The minimum atomic E-state index is -1.61. The van der Waals surface area contributed by atoms with Crippen molar-refractivity contribution in [2.75, 3.05) is 37.5 Å². The van der Waals surface area contributed by atoms with E-state index in [1.165, 1.54) is 28.9 Å². The smallest absolute Gasteiger partial charge is 0.271 e. The summed E-state index contributed by atoms with van der Waals surface area (Å²) in [6, 6.07) is 15.3.